The van der Waals surface area contributed by atoms with Crippen molar-refractivity contribution in [1.29, 1.82) is 0 Å². The fourth-order valence-corrected chi connectivity index (χ4v) is 3.75. The molecule has 1 aliphatic carbocycles. The van der Waals surface area contributed by atoms with E-state index in [-0.39, 0.29) is 12.0 Å². The summed E-state index contributed by atoms with van der Waals surface area (Å²) in [5.41, 5.74) is -1.21. The maximum absolute atomic E-state index is 14.3. The van der Waals surface area contributed by atoms with Gasteiger partial charge in [0.05, 0.1) is 31.6 Å². The number of ether oxygens (including phenoxy) is 2. The Bertz CT molecular complexity index is 644. The average molecular weight is 335 g/mol. The van der Waals surface area contributed by atoms with Gasteiger partial charge >= 0.3 is 0 Å². The number of hydrogen-bond donors (Lipinski definition) is 0. The zero-order chi connectivity index (χ0) is 16.8. The maximum atomic E-state index is 14.3. The molecule has 0 radical (unpaired) electrons. The quantitative estimate of drug-likeness (QED) is 0.843. The topological polar surface area (TPSA) is 64.6 Å². The number of alkyl halides is 1. The van der Waals surface area contributed by atoms with E-state index < -0.39 is 11.3 Å². The van der Waals surface area contributed by atoms with E-state index in [9.17, 15) is 9.18 Å². The van der Waals surface area contributed by atoms with Gasteiger partial charge in [0.25, 0.3) is 5.91 Å². The molecule has 2 saturated heterocycles. The molecule has 130 valence electrons. The van der Waals surface area contributed by atoms with Gasteiger partial charge in [0, 0.05) is 19.0 Å². The summed E-state index contributed by atoms with van der Waals surface area (Å²) in [6.45, 7) is 3.36. The monoisotopic (exact) mass is 335 g/mol. The highest BCUT2D eigenvalue weighted by Crippen LogP contribution is 2.42. The summed E-state index contributed by atoms with van der Waals surface area (Å²) >= 11 is 0. The van der Waals surface area contributed by atoms with Crippen LogP contribution >= 0.6 is 0 Å². The van der Waals surface area contributed by atoms with E-state index in [1.165, 1.54) is 0 Å². The van der Waals surface area contributed by atoms with Crippen LogP contribution in [0.3, 0.4) is 0 Å². The number of halogens is 1. The van der Waals surface area contributed by atoms with Crippen LogP contribution in [-0.4, -0.2) is 57.8 Å². The zero-order valence-electron chi connectivity index (χ0n) is 13.8. The third kappa shape index (κ3) is 2.75. The van der Waals surface area contributed by atoms with Gasteiger partial charge in [0.15, 0.2) is 5.67 Å². The van der Waals surface area contributed by atoms with Crippen molar-refractivity contribution in [1.82, 2.24) is 14.9 Å². The first kappa shape index (κ1) is 15.7. The predicted octanol–water partition coefficient (Wildman–Crippen LogP) is 1.82. The molecule has 4 rings (SSSR count). The summed E-state index contributed by atoms with van der Waals surface area (Å²) in [6, 6.07) is 0. The molecule has 0 aromatic carbocycles. The summed E-state index contributed by atoms with van der Waals surface area (Å²) < 4.78 is 26.1. The summed E-state index contributed by atoms with van der Waals surface area (Å²) in [5, 5.41) is 0. The second-order valence-electron chi connectivity index (χ2n) is 7.24. The van der Waals surface area contributed by atoms with E-state index in [1.54, 1.807) is 17.3 Å². The van der Waals surface area contributed by atoms with Gasteiger partial charge in [-0.1, -0.05) is 0 Å². The lowest BCUT2D eigenvalue weighted by Gasteiger charge is -2.54. The van der Waals surface area contributed by atoms with E-state index in [4.69, 9.17) is 9.47 Å². The third-order valence-corrected chi connectivity index (χ3v) is 5.24. The molecule has 1 spiro atoms. The van der Waals surface area contributed by atoms with Gasteiger partial charge in [-0.15, -0.1) is 0 Å². The lowest BCUT2D eigenvalue weighted by molar-refractivity contribution is -0.202. The minimum Gasteiger partial charge on any atom is -0.473 e. The van der Waals surface area contributed by atoms with E-state index in [0.29, 0.717) is 44.8 Å². The Morgan fingerprint density at radius 1 is 1.42 bits per heavy atom. The van der Waals surface area contributed by atoms with Crippen LogP contribution in [-0.2, 0) is 9.53 Å². The van der Waals surface area contributed by atoms with E-state index in [0.717, 1.165) is 18.5 Å². The van der Waals surface area contributed by atoms with Crippen LogP contribution in [0.15, 0.2) is 12.4 Å². The van der Waals surface area contributed by atoms with Crippen LogP contribution in [0, 0.1) is 6.92 Å². The van der Waals surface area contributed by atoms with Crippen LogP contribution in [0.4, 0.5) is 4.39 Å². The molecule has 2 aliphatic heterocycles. The minimum absolute atomic E-state index is 0.0184. The standard InChI is InChI=1S/C17H22FN3O3/c1-12-8-19-9-14(20-12)24-13-3-6-23-16(7-13)10-21(11-16)15(22)17(18)4-2-5-17/h8-9,13H,2-7,10-11H2,1H3/t13-/m1/s1. The number of aryl methyl sites for hydroxylation is 1. The largest absolute Gasteiger partial charge is 0.473 e. The Morgan fingerprint density at radius 2 is 2.21 bits per heavy atom. The van der Waals surface area contributed by atoms with Gasteiger partial charge in [-0.2, -0.15) is 0 Å². The number of hydrogen-bond acceptors (Lipinski definition) is 5. The van der Waals surface area contributed by atoms with Crippen molar-refractivity contribution in [3.63, 3.8) is 0 Å². The molecule has 1 aromatic rings. The number of nitrogens with zero attached hydrogens (tertiary/aromatic N) is 3. The van der Waals surface area contributed by atoms with Crippen LogP contribution < -0.4 is 4.74 Å². The fourth-order valence-electron chi connectivity index (χ4n) is 3.75. The number of aromatic nitrogens is 2. The average Bonchev–Trinajstić information content (AvgIpc) is 2.50. The highest BCUT2D eigenvalue weighted by Gasteiger charge is 2.55. The number of rotatable bonds is 3. The maximum Gasteiger partial charge on any atom is 0.260 e. The third-order valence-electron chi connectivity index (χ3n) is 5.24. The van der Waals surface area contributed by atoms with Crippen LogP contribution in [0.25, 0.3) is 0 Å². The van der Waals surface area contributed by atoms with Crippen LogP contribution in [0.5, 0.6) is 5.88 Å². The highest BCUT2D eigenvalue weighted by molar-refractivity contribution is 5.87. The Labute approximate surface area is 140 Å². The van der Waals surface area contributed by atoms with Crippen molar-refractivity contribution in [3.05, 3.63) is 18.1 Å². The molecule has 0 bridgehead atoms. The van der Waals surface area contributed by atoms with E-state index >= 15 is 0 Å². The number of carbonyl (C=O) groups excluding carboxylic acids is 1. The second kappa shape index (κ2) is 5.65. The summed E-state index contributed by atoms with van der Waals surface area (Å²) in [5.74, 6) is 0.150. The molecule has 6 nitrogen and oxygen atoms in total. The van der Waals surface area contributed by atoms with Crippen molar-refractivity contribution in [2.24, 2.45) is 0 Å². The van der Waals surface area contributed by atoms with Crippen LogP contribution in [0.2, 0.25) is 0 Å². The molecule has 0 unspecified atom stereocenters. The molecule has 1 amide bonds. The van der Waals surface area contributed by atoms with Gasteiger partial charge < -0.3 is 14.4 Å². The number of amides is 1. The fraction of sp³-hybridized carbons (Fsp3) is 0.706. The molecule has 1 aromatic heterocycles. The predicted molar refractivity (Wildman–Crippen MR) is 83.4 cm³/mol. The van der Waals surface area contributed by atoms with Crippen molar-refractivity contribution in [2.75, 3.05) is 19.7 Å². The van der Waals surface area contributed by atoms with Crippen molar-refractivity contribution < 1.29 is 18.7 Å². The van der Waals surface area contributed by atoms with E-state index in [2.05, 4.69) is 9.97 Å². The van der Waals surface area contributed by atoms with Gasteiger partial charge in [-0.25, -0.2) is 9.37 Å². The first-order chi connectivity index (χ1) is 11.5. The van der Waals surface area contributed by atoms with Gasteiger partial charge in [-0.05, 0) is 26.2 Å². The lowest BCUT2D eigenvalue weighted by atomic mass is 9.78. The molecule has 0 N–H and O–H groups in total. The Hall–Kier alpha value is -1.76. The highest BCUT2D eigenvalue weighted by atomic mass is 19.1. The molecule has 24 heavy (non-hydrogen) atoms. The molecule has 1 saturated carbocycles. The second-order valence-corrected chi connectivity index (χ2v) is 7.24. The summed E-state index contributed by atoms with van der Waals surface area (Å²) in [7, 11) is 0. The van der Waals surface area contributed by atoms with Crippen molar-refractivity contribution in [2.45, 2.75) is 56.4 Å². The van der Waals surface area contributed by atoms with E-state index in [1.807, 2.05) is 6.92 Å². The zero-order valence-corrected chi connectivity index (χ0v) is 13.8. The molecule has 3 aliphatic rings. The number of likely N-dealkylation sites (tertiary alicyclic amines) is 1. The molecular formula is C17H22FN3O3. The molecule has 3 fully saturated rings. The van der Waals surface area contributed by atoms with Crippen molar-refractivity contribution in [3.8, 4) is 5.88 Å². The smallest absolute Gasteiger partial charge is 0.260 e. The minimum atomic E-state index is -1.62. The summed E-state index contributed by atoms with van der Waals surface area (Å²) in [4.78, 5) is 22.2. The SMILES string of the molecule is Cc1cncc(O[C@@H]2CCOC3(C2)CN(C(=O)C2(F)CCC2)C3)n1. The van der Waals surface area contributed by atoms with Gasteiger partial charge in [-0.3, -0.25) is 9.78 Å². The molecule has 1 atom stereocenters. The first-order valence-electron chi connectivity index (χ1n) is 8.56. The van der Waals surface area contributed by atoms with Crippen molar-refractivity contribution >= 4 is 5.91 Å². The lowest BCUT2D eigenvalue weighted by Crippen LogP contribution is -2.70. The molecule has 7 heteroatoms. The molecular weight excluding hydrogens is 313 g/mol. The number of carbonyl (C=O) groups is 1. The Balaban J connectivity index is 1.35. The van der Waals surface area contributed by atoms with Gasteiger partial charge in [0.1, 0.15) is 11.7 Å². The Morgan fingerprint density at radius 3 is 2.88 bits per heavy atom. The Kier molecular flexibility index (Phi) is 3.71. The summed E-state index contributed by atoms with van der Waals surface area (Å²) in [6.07, 6.45) is 6.24. The van der Waals surface area contributed by atoms with Gasteiger partial charge in [0.2, 0.25) is 5.88 Å². The van der Waals surface area contributed by atoms with Crippen LogP contribution in [0.1, 0.15) is 37.8 Å². The first-order valence-corrected chi connectivity index (χ1v) is 8.56. The molecule has 3 heterocycles. The normalized spacial score (nSPS) is 27.2.